The van der Waals surface area contributed by atoms with E-state index in [2.05, 4.69) is 11.6 Å². The molecule has 0 saturated carbocycles. The van der Waals surface area contributed by atoms with Crippen LogP contribution in [0.25, 0.3) is 10.9 Å². The number of benzene rings is 1. The largest absolute Gasteiger partial charge is 0.497 e. The minimum Gasteiger partial charge on any atom is -0.497 e. The van der Waals surface area contributed by atoms with Crippen molar-refractivity contribution in [3.05, 3.63) is 48.2 Å². The normalized spacial score (nSPS) is 17.1. The average molecular weight is 270 g/mol. The predicted molar refractivity (Wildman–Crippen MR) is 74.0 cm³/mol. The molecule has 1 amide bonds. The second-order valence-corrected chi connectivity index (χ2v) is 4.64. The molecule has 0 radical (unpaired) electrons. The molecule has 1 aliphatic heterocycles. The number of amides is 1. The van der Waals surface area contributed by atoms with Crippen LogP contribution in [0.5, 0.6) is 5.75 Å². The summed E-state index contributed by atoms with van der Waals surface area (Å²) in [6, 6.07) is 7.46. The van der Waals surface area contributed by atoms with Crippen molar-refractivity contribution in [1.29, 1.82) is 0 Å². The third-order valence-corrected chi connectivity index (χ3v) is 3.47. The standard InChI is InChI=1S/C15H14N2O3/c1-3-13(18)17-8-10-6-9-7-11(20-2)4-5-12(9)16-14(10)15(17)19/h3-7,15,19H,1,8H2,2H3. The Balaban J connectivity index is 2.09. The summed E-state index contributed by atoms with van der Waals surface area (Å²) in [6.45, 7) is 3.78. The number of ether oxygens (including phenoxy) is 1. The third-order valence-electron chi connectivity index (χ3n) is 3.47. The van der Waals surface area contributed by atoms with Crippen LogP contribution in [0.15, 0.2) is 36.9 Å². The molecule has 2 aromatic rings. The summed E-state index contributed by atoms with van der Waals surface area (Å²) in [4.78, 5) is 17.5. The van der Waals surface area contributed by atoms with Crippen molar-refractivity contribution >= 4 is 16.8 Å². The monoisotopic (exact) mass is 270 g/mol. The van der Waals surface area contributed by atoms with Crippen LogP contribution >= 0.6 is 0 Å². The third kappa shape index (κ3) is 1.83. The number of hydrogen-bond donors (Lipinski definition) is 1. The number of carbonyl (C=O) groups excluding carboxylic acids is 1. The number of carbonyl (C=O) groups is 1. The van der Waals surface area contributed by atoms with E-state index in [1.54, 1.807) is 7.11 Å². The van der Waals surface area contributed by atoms with Crippen LogP contribution in [0.2, 0.25) is 0 Å². The maximum absolute atomic E-state index is 11.7. The molecule has 1 aromatic carbocycles. The number of pyridine rings is 1. The molecular weight excluding hydrogens is 256 g/mol. The van der Waals surface area contributed by atoms with E-state index in [4.69, 9.17) is 4.74 Å². The molecule has 0 aliphatic carbocycles. The lowest BCUT2D eigenvalue weighted by molar-refractivity contribution is -0.135. The van der Waals surface area contributed by atoms with Crippen molar-refractivity contribution in [1.82, 2.24) is 9.88 Å². The van der Waals surface area contributed by atoms with Gasteiger partial charge in [-0.15, -0.1) is 0 Å². The first kappa shape index (κ1) is 12.6. The van der Waals surface area contributed by atoms with Gasteiger partial charge in [-0.2, -0.15) is 0 Å². The Bertz CT molecular complexity index is 712. The van der Waals surface area contributed by atoms with Gasteiger partial charge in [0.15, 0.2) is 6.23 Å². The fourth-order valence-electron chi connectivity index (χ4n) is 2.42. The summed E-state index contributed by atoms with van der Waals surface area (Å²) in [6.07, 6.45) is 0.180. The molecule has 1 atom stereocenters. The number of fused-ring (bicyclic) bond motifs is 2. The van der Waals surface area contributed by atoms with Gasteiger partial charge in [0.05, 0.1) is 24.9 Å². The second-order valence-electron chi connectivity index (χ2n) is 4.64. The number of methoxy groups -OCH3 is 1. The number of hydrogen-bond acceptors (Lipinski definition) is 4. The molecule has 2 heterocycles. The van der Waals surface area contributed by atoms with E-state index in [0.29, 0.717) is 12.2 Å². The van der Waals surface area contributed by atoms with E-state index in [0.717, 1.165) is 22.2 Å². The van der Waals surface area contributed by atoms with E-state index in [-0.39, 0.29) is 5.91 Å². The van der Waals surface area contributed by atoms with Crippen LogP contribution in [0, 0.1) is 0 Å². The molecule has 1 aliphatic rings. The number of nitrogens with zero attached hydrogens (tertiary/aromatic N) is 2. The highest BCUT2D eigenvalue weighted by atomic mass is 16.5. The minimum atomic E-state index is -1.01. The van der Waals surface area contributed by atoms with E-state index < -0.39 is 6.23 Å². The summed E-state index contributed by atoms with van der Waals surface area (Å²) in [7, 11) is 1.61. The lowest BCUT2D eigenvalue weighted by atomic mass is 10.1. The summed E-state index contributed by atoms with van der Waals surface area (Å²) < 4.78 is 5.18. The zero-order valence-electron chi connectivity index (χ0n) is 11.0. The zero-order chi connectivity index (χ0) is 14.3. The number of rotatable bonds is 2. The van der Waals surface area contributed by atoms with Crippen molar-refractivity contribution in [2.45, 2.75) is 12.8 Å². The van der Waals surface area contributed by atoms with Crippen molar-refractivity contribution in [3.8, 4) is 5.75 Å². The van der Waals surface area contributed by atoms with Gasteiger partial charge in [-0.3, -0.25) is 4.79 Å². The van der Waals surface area contributed by atoms with Crippen molar-refractivity contribution < 1.29 is 14.6 Å². The Morgan fingerprint density at radius 1 is 1.55 bits per heavy atom. The van der Waals surface area contributed by atoms with Gasteiger partial charge in [0, 0.05) is 5.39 Å². The maximum Gasteiger partial charge on any atom is 0.248 e. The lowest BCUT2D eigenvalue weighted by Gasteiger charge is -2.17. The van der Waals surface area contributed by atoms with E-state index in [1.807, 2.05) is 24.3 Å². The van der Waals surface area contributed by atoms with E-state index >= 15 is 0 Å². The number of aliphatic hydroxyl groups is 1. The molecule has 0 spiro atoms. The van der Waals surface area contributed by atoms with Gasteiger partial charge in [0.1, 0.15) is 5.75 Å². The molecule has 5 nitrogen and oxygen atoms in total. The lowest BCUT2D eigenvalue weighted by Crippen LogP contribution is -2.27. The van der Waals surface area contributed by atoms with Gasteiger partial charge < -0.3 is 14.7 Å². The van der Waals surface area contributed by atoms with Crippen LogP contribution in [0.4, 0.5) is 0 Å². The van der Waals surface area contributed by atoms with Crippen LogP contribution < -0.4 is 4.74 Å². The van der Waals surface area contributed by atoms with Gasteiger partial charge in [0.2, 0.25) is 5.91 Å². The molecule has 102 valence electrons. The number of aromatic nitrogens is 1. The Morgan fingerprint density at radius 2 is 2.35 bits per heavy atom. The molecule has 20 heavy (non-hydrogen) atoms. The highest BCUT2D eigenvalue weighted by Gasteiger charge is 2.32. The van der Waals surface area contributed by atoms with Crippen molar-refractivity contribution in [2.75, 3.05) is 7.11 Å². The molecule has 0 saturated heterocycles. The first-order valence-corrected chi connectivity index (χ1v) is 6.22. The molecule has 1 N–H and O–H groups in total. The summed E-state index contributed by atoms with van der Waals surface area (Å²) in [5, 5.41) is 11.1. The minimum absolute atomic E-state index is 0.308. The molecule has 1 unspecified atom stereocenters. The summed E-state index contributed by atoms with van der Waals surface area (Å²) >= 11 is 0. The summed E-state index contributed by atoms with van der Waals surface area (Å²) in [5.74, 6) is 0.439. The Kier molecular flexibility index (Phi) is 2.91. The van der Waals surface area contributed by atoms with Crippen LogP contribution in [0.1, 0.15) is 17.5 Å². The molecule has 0 fully saturated rings. The van der Waals surface area contributed by atoms with Gasteiger partial charge in [-0.05, 0) is 35.9 Å². The molecule has 5 heteroatoms. The fraction of sp³-hybridized carbons (Fsp3) is 0.200. The SMILES string of the molecule is C=CC(=O)N1Cc2cc3cc(OC)ccc3nc2C1O. The topological polar surface area (TPSA) is 62.7 Å². The maximum atomic E-state index is 11.7. The van der Waals surface area contributed by atoms with Gasteiger partial charge in [-0.1, -0.05) is 6.58 Å². The van der Waals surface area contributed by atoms with Crippen molar-refractivity contribution in [2.24, 2.45) is 0 Å². The Hall–Kier alpha value is -2.40. The predicted octanol–water partition coefficient (Wildman–Crippen LogP) is 1.76. The Morgan fingerprint density at radius 3 is 3.05 bits per heavy atom. The quantitative estimate of drug-likeness (QED) is 0.845. The zero-order valence-corrected chi connectivity index (χ0v) is 11.0. The van der Waals surface area contributed by atoms with Gasteiger partial charge in [-0.25, -0.2) is 4.98 Å². The first-order chi connectivity index (χ1) is 9.63. The smallest absolute Gasteiger partial charge is 0.248 e. The fourth-order valence-corrected chi connectivity index (χ4v) is 2.42. The second kappa shape index (κ2) is 4.61. The van der Waals surface area contributed by atoms with Crippen molar-refractivity contribution in [3.63, 3.8) is 0 Å². The Labute approximate surface area is 116 Å². The van der Waals surface area contributed by atoms with Gasteiger partial charge >= 0.3 is 0 Å². The van der Waals surface area contributed by atoms with Crippen LogP contribution in [0.3, 0.4) is 0 Å². The summed E-state index contributed by atoms with van der Waals surface area (Å²) in [5.41, 5.74) is 2.13. The molecule has 0 bridgehead atoms. The van der Waals surface area contributed by atoms with E-state index in [9.17, 15) is 9.90 Å². The molecule has 3 rings (SSSR count). The molecule has 1 aromatic heterocycles. The van der Waals surface area contributed by atoms with Crippen LogP contribution in [-0.2, 0) is 11.3 Å². The number of aliphatic hydroxyl groups excluding tert-OH is 1. The highest BCUT2D eigenvalue weighted by Crippen LogP contribution is 2.33. The van der Waals surface area contributed by atoms with E-state index in [1.165, 1.54) is 11.0 Å². The van der Waals surface area contributed by atoms with Gasteiger partial charge in [0.25, 0.3) is 0 Å². The molecular formula is C15H14N2O3. The van der Waals surface area contributed by atoms with Crippen LogP contribution in [-0.4, -0.2) is 28.0 Å². The highest BCUT2D eigenvalue weighted by molar-refractivity contribution is 5.88. The average Bonchev–Trinajstić information content (AvgIpc) is 2.80. The first-order valence-electron chi connectivity index (χ1n) is 6.22.